The van der Waals surface area contributed by atoms with Crippen molar-refractivity contribution in [1.29, 1.82) is 0 Å². The van der Waals surface area contributed by atoms with E-state index in [1.807, 2.05) is 0 Å². The predicted molar refractivity (Wildman–Crippen MR) is 86.4 cm³/mol. The smallest absolute Gasteiger partial charge is 0.314 e. The van der Waals surface area contributed by atoms with Crippen molar-refractivity contribution in [2.45, 2.75) is 18.9 Å². The van der Waals surface area contributed by atoms with E-state index in [4.69, 9.17) is 27.9 Å². The molecule has 0 saturated heterocycles. The van der Waals surface area contributed by atoms with Gasteiger partial charge in [-0.2, -0.15) is 0 Å². The minimum Gasteiger partial charge on any atom is -0.460 e. The fourth-order valence-corrected chi connectivity index (χ4v) is 2.94. The van der Waals surface area contributed by atoms with Crippen LogP contribution in [-0.4, -0.2) is 16.9 Å². The van der Waals surface area contributed by atoms with Gasteiger partial charge in [0.1, 0.15) is 12.4 Å². The van der Waals surface area contributed by atoms with Crippen LogP contribution in [0.1, 0.15) is 23.5 Å². The average Bonchev–Trinajstić information content (AvgIpc) is 2.53. The zero-order chi connectivity index (χ0) is 17.3. The average molecular weight is 369 g/mol. The molecule has 1 aliphatic rings. The highest BCUT2D eigenvalue weighted by atomic mass is 35.5. The van der Waals surface area contributed by atoms with E-state index < -0.39 is 17.7 Å². The highest BCUT2D eigenvalue weighted by molar-refractivity contribution is 6.35. The summed E-state index contributed by atoms with van der Waals surface area (Å²) in [6, 6.07) is 3.86. The number of rotatable bonds is 3. The van der Waals surface area contributed by atoms with Gasteiger partial charge in [0.05, 0.1) is 16.0 Å². The second kappa shape index (κ2) is 6.75. The highest BCUT2D eigenvalue weighted by Crippen LogP contribution is 2.34. The summed E-state index contributed by atoms with van der Waals surface area (Å²) in [5.74, 6) is -2.30. The first-order chi connectivity index (χ1) is 11.5. The monoisotopic (exact) mass is 368 g/mol. The van der Waals surface area contributed by atoms with Gasteiger partial charge in [-0.1, -0.05) is 29.3 Å². The van der Waals surface area contributed by atoms with Gasteiger partial charge < -0.3 is 10.1 Å². The van der Waals surface area contributed by atoms with Crippen molar-refractivity contribution in [2.75, 3.05) is 5.32 Å². The van der Waals surface area contributed by atoms with Gasteiger partial charge in [0.25, 0.3) is 0 Å². The van der Waals surface area contributed by atoms with Gasteiger partial charge >= 0.3 is 5.97 Å². The van der Waals surface area contributed by atoms with Crippen LogP contribution < -0.4 is 5.32 Å². The van der Waals surface area contributed by atoms with Crippen molar-refractivity contribution in [3.05, 3.63) is 57.6 Å². The van der Waals surface area contributed by atoms with Crippen molar-refractivity contribution in [3.8, 4) is 0 Å². The fraction of sp³-hybridized carbons (Fsp3) is 0.188. The molecule has 1 amide bonds. The van der Waals surface area contributed by atoms with Crippen molar-refractivity contribution in [2.24, 2.45) is 0 Å². The third kappa shape index (κ3) is 3.34. The molecule has 0 saturated carbocycles. The van der Waals surface area contributed by atoms with E-state index in [1.165, 1.54) is 30.6 Å². The Bertz CT molecular complexity index is 809. The number of amides is 1. The van der Waals surface area contributed by atoms with Gasteiger partial charge in [-0.05, 0) is 17.7 Å². The van der Waals surface area contributed by atoms with E-state index >= 15 is 0 Å². The zero-order valence-corrected chi connectivity index (χ0v) is 13.7. The Hall–Kier alpha value is -2.18. The van der Waals surface area contributed by atoms with E-state index in [9.17, 15) is 14.0 Å². The lowest BCUT2D eigenvalue weighted by molar-refractivity contribution is -0.148. The number of nitrogens with one attached hydrogen (secondary N) is 1. The minimum absolute atomic E-state index is 0.0741. The minimum atomic E-state index is -0.811. The van der Waals surface area contributed by atoms with Crippen LogP contribution in [0.25, 0.3) is 0 Å². The summed E-state index contributed by atoms with van der Waals surface area (Å²) in [6.45, 7) is -0.145. The molecule has 1 aliphatic heterocycles. The molecule has 3 rings (SSSR count). The number of nitrogens with zero attached hydrogens (tertiary/aromatic N) is 1. The highest BCUT2D eigenvalue weighted by Gasteiger charge is 2.32. The van der Waals surface area contributed by atoms with E-state index in [2.05, 4.69) is 10.3 Å². The van der Waals surface area contributed by atoms with Crippen LogP contribution >= 0.6 is 23.2 Å². The molecule has 0 fully saturated rings. The fourth-order valence-electron chi connectivity index (χ4n) is 2.47. The van der Waals surface area contributed by atoms with Crippen molar-refractivity contribution in [1.82, 2.24) is 4.98 Å². The second-order valence-corrected chi connectivity index (χ2v) is 6.04. The number of benzene rings is 1. The first kappa shape index (κ1) is 16.7. The Morgan fingerprint density at radius 1 is 1.33 bits per heavy atom. The summed E-state index contributed by atoms with van der Waals surface area (Å²) in [6.07, 6.45) is 2.71. The quantitative estimate of drug-likeness (QED) is 0.838. The van der Waals surface area contributed by atoms with Crippen LogP contribution in [0, 0.1) is 5.82 Å². The molecule has 0 bridgehead atoms. The van der Waals surface area contributed by atoms with Gasteiger partial charge in [0.2, 0.25) is 5.91 Å². The van der Waals surface area contributed by atoms with Crippen LogP contribution in [0.4, 0.5) is 10.1 Å². The number of esters is 1. The van der Waals surface area contributed by atoms with Gasteiger partial charge in [-0.3, -0.25) is 14.6 Å². The molecule has 0 radical (unpaired) electrons. The van der Waals surface area contributed by atoms with Gasteiger partial charge in [0.15, 0.2) is 0 Å². The van der Waals surface area contributed by atoms with Crippen molar-refractivity contribution >= 4 is 40.8 Å². The normalized spacial score (nSPS) is 16.3. The molecule has 1 N–H and O–H groups in total. The maximum Gasteiger partial charge on any atom is 0.314 e. The van der Waals surface area contributed by atoms with E-state index in [-0.39, 0.29) is 34.7 Å². The van der Waals surface area contributed by atoms with Crippen LogP contribution in [-0.2, 0) is 20.9 Å². The predicted octanol–water partition coefficient (Wildman–Crippen LogP) is 3.70. The Kier molecular flexibility index (Phi) is 4.69. The standard InChI is InChI=1S/C16H11Cl2FN2O3/c17-12-5-20-6-13(18)11(12)7-24-16(23)10-4-15(22)21-14-3-8(19)1-2-9(10)14/h1-3,5-6,10H,4,7H2,(H,21,22). The molecule has 1 unspecified atom stereocenters. The summed E-state index contributed by atoms with van der Waals surface area (Å²) in [5, 5.41) is 3.09. The number of ether oxygens (including phenoxy) is 1. The number of aromatic nitrogens is 1. The number of halogens is 3. The molecule has 0 spiro atoms. The van der Waals surface area contributed by atoms with Gasteiger partial charge in [0, 0.05) is 30.1 Å². The number of pyridine rings is 1. The molecule has 0 aliphatic carbocycles. The number of anilines is 1. The summed E-state index contributed by atoms with van der Waals surface area (Å²) in [5.41, 5.74) is 1.21. The Balaban J connectivity index is 1.80. The number of hydrogen-bond acceptors (Lipinski definition) is 4. The molecule has 2 aromatic rings. The van der Waals surface area contributed by atoms with E-state index in [0.717, 1.165) is 0 Å². The summed E-state index contributed by atoms with van der Waals surface area (Å²) in [7, 11) is 0. The molecule has 1 atom stereocenters. The second-order valence-electron chi connectivity index (χ2n) is 5.23. The lowest BCUT2D eigenvalue weighted by atomic mass is 9.90. The lowest BCUT2D eigenvalue weighted by Crippen LogP contribution is -2.28. The third-order valence-corrected chi connectivity index (χ3v) is 4.30. The SMILES string of the molecule is O=C1CC(C(=O)OCc2c(Cl)cncc2Cl)c2ccc(F)cc2N1. The number of carbonyl (C=O) groups is 2. The van der Waals surface area contributed by atoms with Crippen LogP contribution in [0.2, 0.25) is 10.0 Å². The first-order valence-electron chi connectivity index (χ1n) is 6.99. The maximum absolute atomic E-state index is 13.3. The van der Waals surface area contributed by atoms with Crippen molar-refractivity contribution in [3.63, 3.8) is 0 Å². The number of carbonyl (C=O) groups excluding carboxylic acids is 2. The Morgan fingerprint density at radius 3 is 2.75 bits per heavy atom. The molecular weight excluding hydrogens is 358 g/mol. The molecule has 1 aromatic carbocycles. The van der Waals surface area contributed by atoms with Crippen molar-refractivity contribution < 1.29 is 18.7 Å². The van der Waals surface area contributed by atoms with Gasteiger partial charge in [-0.25, -0.2) is 4.39 Å². The molecular formula is C16H11Cl2FN2O3. The maximum atomic E-state index is 13.3. The summed E-state index contributed by atoms with van der Waals surface area (Å²) >= 11 is 12.0. The lowest BCUT2D eigenvalue weighted by Gasteiger charge is -2.24. The largest absolute Gasteiger partial charge is 0.460 e. The number of fused-ring (bicyclic) bond motifs is 1. The van der Waals surface area contributed by atoms with E-state index in [1.54, 1.807) is 0 Å². The number of hydrogen-bond donors (Lipinski definition) is 1. The van der Waals surface area contributed by atoms with Crippen LogP contribution in [0.3, 0.4) is 0 Å². The zero-order valence-electron chi connectivity index (χ0n) is 12.2. The third-order valence-electron chi connectivity index (χ3n) is 3.65. The summed E-state index contributed by atoms with van der Waals surface area (Å²) in [4.78, 5) is 27.9. The van der Waals surface area contributed by atoms with Crippen LogP contribution in [0.5, 0.6) is 0 Å². The Morgan fingerprint density at radius 2 is 2.04 bits per heavy atom. The summed E-state index contributed by atoms with van der Waals surface area (Å²) < 4.78 is 18.6. The molecule has 2 heterocycles. The molecule has 124 valence electrons. The van der Waals surface area contributed by atoms with E-state index in [0.29, 0.717) is 11.1 Å². The van der Waals surface area contributed by atoms with Gasteiger partial charge in [-0.15, -0.1) is 0 Å². The molecule has 5 nitrogen and oxygen atoms in total. The topological polar surface area (TPSA) is 68.3 Å². The molecule has 8 heteroatoms. The molecule has 24 heavy (non-hydrogen) atoms. The first-order valence-corrected chi connectivity index (χ1v) is 7.75. The Labute approximate surface area is 146 Å². The molecule has 1 aromatic heterocycles. The van der Waals surface area contributed by atoms with Crippen LogP contribution in [0.15, 0.2) is 30.6 Å².